The number of rotatable bonds is 18. The van der Waals surface area contributed by atoms with Crippen LogP contribution < -0.4 is 0 Å². The molecule has 0 saturated heterocycles. The molecule has 1 heteroatoms. The molecule has 166 valence electrons. The number of hydrogen-bond acceptors (Lipinski definition) is 0. The Morgan fingerprint density at radius 1 is 0.655 bits per heavy atom. The highest BCUT2D eigenvalue weighted by Gasteiger charge is 2.16. The van der Waals surface area contributed by atoms with Crippen LogP contribution in [0.15, 0.2) is 60.8 Å². The minimum atomic E-state index is -0.355. The molecular weight excluding hydrogens is 367 g/mol. The highest BCUT2D eigenvalue weighted by Crippen LogP contribution is 2.32. The van der Waals surface area contributed by atoms with Crippen LogP contribution in [0.1, 0.15) is 91.4 Å². The molecule has 0 aromatic heterocycles. The van der Waals surface area contributed by atoms with E-state index in [0.717, 1.165) is 25.7 Å². The van der Waals surface area contributed by atoms with Gasteiger partial charge in [0.25, 0.3) is 0 Å². The van der Waals surface area contributed by atoms with Crippen LogP contribution in [-0.4, -0.2) is 19.1 Å². The first-order chi connectivity index (χ1) is 14.0. The fraction of sp³-hybridized carbons (Fsp3) is 0.607. The molecule has 0 radical (unpaired) electrons. The van der Waals surface area contributed by atoms with Gasteiger partial charge in [0.15, 0.2) is 0 Å². The monoisotopic (exact) mass is 416 g/mol. The third-order valence-electron chi connectivity index (χ3n) is 4.90. The minimum Gasteiger partial charge on any atom is -0.127 e. The van der Waals surface area contributed by atoms with Crippen LogP contribution in [0.3, 0.4) is 0 Å². The zero-order chi connectivity index (χ0) is 21.6. The SMILES string of the molecule is C=[PH](C)CC(C)(C)CCC/C=C\C/C=C\C/C=C\C/C=C\C/C=C\CCCCC. The van der Waals surface area contributed by atoms with Crippen LogP contribution >= 0.6 is 7.55 Å². The Bertz CT molecular complexity index is 529. The molecule has 0 rings (SSSR count). The molecule has 0 nitrogen and oxygen atoms in total. The predicted molar refractivity (Wildman–Crippen MR) is 142 cm³/mol. The predicted octanol–water partition coefficient (Wildman–Crippen LogP) is 9.38. The Morgan fingerprint density at radius 3 is 1.48 bits per heavy atom. The van der Waals surface area contributed by atoms with Gasteiger partial charge in [-0.2, -0.15) is 0 Å². The van der Waals surface area contributed by atoms with Crippen molar-refractivity contribution in [1.82, 2.24) is 0 Å². The van der Waals surface area contributed by atoms with Crippen molar-refractivity contribution in [1.29, 1.82) is 0 Å². The van der Waals surface area contributed by atoms with Crippen molar-refractivity contribution in [3.8, 4) is 0 Å². The van der Waals surface area contributed by atoms with Gasteiger partial charge in [-0.3, -0.25) is 0 Å². The third-order valence-corrected chi connectivity index (χ3v) is 6.46. The molecule has 0 aliphatic carbocycles. The first kappa shape index (κ1) is 28.0. The van der Waals surface area contributed by atoms with Crippen molar-refractivity contribution in [3.63, 3.8) is 0 Å². The van der Waals surface area contributed by atoms with Crippen molar-refractivity contribution in [3.05, 3.63) is 60.8 Å². The molecule has 0 heterocycles. The van der Waals surface area contributed by atoms with Gasteiger partial charge in [-0.05, 0) is 76.0 Å². The van der Waals surface area contributed by atoms with Crippen LogP contribution in [0, 0.1) is 5.41 Å². The maximum atomic E-state index is 4.23. The van der Waals surface area contributed by atoms with Crippen LogP contribution in [0.4, 0.5) is 0 Å². The second kappa shape index (κ2) is 20.3. The van der Waals surface area contributed by atoms with Gasteiger partial charge in [0.2, 0.25) is 0 Å². The Morgan fingerprint density at radius 2 is 1.07 bits per heavy atom. The lowest BCUT2D eigenvalue weighted by molar-refractivity contribution is 0.374. The van der Waals surface area contributed by atoms with Gasteiger partial charge in [0.05, 0.1) is 0 Å². The van der Waals surface area contributed by atoms with Crippen molar-refractivity contribution >= 4 is 13.8 Å². The molecule has 1 atom stereocenters. The van der Waals surface area contributed by atoms with Gasteiger partial charge in [-0.1, -0.05) is 94.4 Å². The average molecular weight is 417 g/mol. The lowest BCUT2D eigenvalue weighted by atomic mass is 9.89. The molecule has 0 aliphatic heterocycles. The minimum absolute atomic E-state index is 0.355. The van der Waals surface area contributed by atoms with Crippen molar-refractivity contribution in [2.24, 2.45) is 5.41 Å². The lowest BCUT2D eigenvalue weighted by Gasteiger charge is -2.24. The van der Waals surface area contributed by atoms with E-state index in [1.165, 1.54) is 51.1 Å². The molecule has 0 saturated carbocycles. The molecule has 0 bridgehead atoms. The molecule has 0 spiro atoms. The molecule has 0 aromatic rings. The van der Waals surface area contributed by atoms with Crippen LogP contribution in [0.2, 0.25) is 0 Å². The van der Waals surface area contributed by atoms with Crippen LogP contribution in [0.25, 0.3) is 0 Å². The Labute approximate surface area is 184 Å². The summed E-state index contributed by atoms with van der Waals surface area (Å²) in [6, 6.07) is 0. The van der Waals surface area contributed by atoms with Gasteiger partial charge in [-0.15, -0.1) is 13.8 Å². The first-order valence-corrected chi connectivity index (χ1v) is 14.3. The Hall–Kier alpha value is -1.00. The van der Waals surface area contributed by atoms with Crippen molar-refractivity contribution < 1.29 is 0 Å². The molecule has 0 fully saturated rings. The maximum absolute atomic E-state index is 4.23. The van der Waals surface area contributed by atoms with E-state index in [1.807, 2.05) is 0 Å². The lowest BCUT2D eigenvalue weighted by Crippen LogP contribution is -2.14. The van der Waals surface area contributed by atoms with Gasteiger partial charge in [-0.25, -0.2) is 0 Å². The van der Waals surface area contributed by atoms with E-state index in [0.29, 0.717) is 5.41 Å². The van der Waals surface area contributed by atoms with Gasteiger partial charge in [0.1, 0.15) is 0 Å². The highest BCUT2D eigenvalue weighted by atomic mass is 31.1. The summed E-state index contributed by atoms with van der Waals surface area (Å²) in [5.74, 6) is 0. The van der Waals surface area contributed by atoms with Crippen LogP contribution in [0.5, 0.6) is 0 Å². The smallest absolute Gasteiger partial charge is 0.0169 e. The largest absolute Gasteiger partial charge is 0.127 e. The normalized spacial score (nSPS) is 14.5. The fourth-order valence-electron chi connectivity index (χ4n) is 3.44. The van der Waals surface area contributed by atoms with Gasteiger partial charge in [0, 0.05) is 0 Å². The van der Waals surface area contributed by atoms with E-state index in [1.54, 1.807) is 0 Å². The van der Waals surface area contributed by atoms with E-state index in [2.05, 4.69) is 94.5 Å². The molecule has 0 N–H and O–H groups in total. The first-order valence-electron chi connectivity index (χ1n) is 11.9. The Kier molecular flexibility index (Phi) is 19.6. The number of unbranched alkanes of at least 4 members (excludes halogenated alkanes) is 4. The average Bonchev–Trinajstić information content (AvgIpc) is 2.65. The van der Waals surface area contributed by atoms with Crippen LogP contribution in [-0.2, 0) is 0 Å². The second-order valence-electron chi connectivity index (χ2n) is 8.99. The van der Waals surface area contributed by atoms with E-state index in [-0.39, 0.29) is 7.55 Å². The summed E-state index contributed by atoms with van der Waals surface area (Å²) in [4.78, 5) is 0. The summed E-state index contributed by atoms with van der Waals surface area (Å²) in [6.07, 6.45) is 41.7. The summed E-state index contributed by atoms with van der Waals surface area (Å²) >= 11 is 0. The zero-order valence-electron chi connectivity index (χ0n) is 20.0. The molecule has 0 aliphatic rings. The number of hydrogen-bond donors (Lipinski definition) is 0. The molecule has 0 amide bonds. The van der Waals surface area contributed by atoms with E-state index >= 15 is 0 Å². The standard InChI is InChI=1S/C28H49P/c1-6-7-8-9-10-11-12-13-14-15-16-17-18-19-20-21-22-23-24-25-26-28(2,3)27-29(4)5/h10-11,13-14,16-17,19-20,22-23,29H,4,6-9,12,15,18,21,24-27H2,1-3,5H3/b11-10-,14-13-,17-16-,20-19-,23-22-. The second-order valence-corrected chi connectivity index (χ2v) is 11.3. The molecule has 29 heavy (non-hydrogen) atoms. The molecular formula is C28H49P. The van der Waals surface area contributed by atoms with Gasteiger partial charge < -0.3 is 0 Å². The van der Waals surface area contributed by atoms with Crippen molar-refractivity contribution in [2.75, 3.05) is 12.8 Å². The maximum Gasteiger partial charge on any atom is -0.0169 e. The summed E-state index contributed by atoms with van der Waals surface area (Å²) < 4.78 is 0. The van der Waals surface area contributed by atoms with Crippen molar-refractivity contribution in [2.45, 2.75) is 91.4 Å². The Balaban J connectivity index is 3.60. The summed E-state index contributed by atoms with van der Waals surface area (Å²) in [5.41, 5.74) is 0.477. The van der Waals surface area contributed by atoms with E-state index < -0.39 is 0 Å². The number of allylic oxidation sites excluding steroid dienone is 10. The summed E-state index contributed by atoms with van der Waals surface area (Å²) in [5, 5.41) is 0. The highest BCUT2D eigenvalue weighted by molar-refractivity contribution is 7.55. The zero-order valence-corrected chi connectivity index (χ0v) is 21.0. The van der Waals surface area contributed by atoms with E-state index in [9.17, 15) is 0 Å². The topological polar surface area (TPSA) is 0 Å². The fourth-order valence-corrected chi connectivity index (χ4v) is 5.25. The molecule has 0 aromatic carbocycles. The quantitative estimate of drug-likeness (QED) is 0.119. The summed E-state index contributed by atoms with van der Waals surface area (Å²) in [7, 11) is -0.355. The summed E-state index contributed by atoms with van der Waals surface area (Å²) in [6.45, 7) is 9.37. The van der Waals surface area contributed by atoms with E-state index in [4.69, 9.17) is 0 Å². The van der Waals surface area contributed by atoms with Gasteiger partial charge >= 0.3 is 0 Å². The molecule has 1 unspecified atom stereocenters. The third kappa shape index (κ3) is 23.1.